The van der Waals surface area contributed by atoms with Gasteiger partial charge in [-0.15, -0.1) is 10.2 Å². The molecule has 10 nitrogen and oxygen atoms in total. The number of nitrogens with zero attached hydrogens (tertiary/aromatic N) is 2. The quantitative estimate of drug-likeness (QED) is 0.378. The van der Waals surface area contributed by atoms with Crippen molar-refractivity contribution in [1.29, 1.82) is 0 Å². The van der Waals surface area contributed by atoms with E-state index in [-0.39, 0.29) is 11.8 Å². The second kappa shape index (κ2) is 12.0. The van der Waals surface area contributed by atoms with Gasteiger partial charge in [0.2, 0.25) is 11.0 Å². The Hall–Kier alpha value is -3.86. The fourth-order valence-corrected chi connectivity index (χ4v) is 3.95. The normalized spacial score (nSPS) is 12.3. The molecule has 0 radical (unpaired) electrons. The predicted molar refractivity (Wildman–Crippen MR) is 135 cm³/mol. The third kappa shape index (κ3) is 6.82. The Morgan fingerprint density at radius 2 is 1.54 bits per heavy atom. The summed E-state index contributed by atoms with van der Waals surface area (Å²) >= 11 is 1.24. The molecule has 3 rings (SSSR count). The Morgan fingerprint density at radius 1 is 0.914 bits per heavy atom. The van der Waals surface area contributed by atoms with Crippen molar-refractivity contribution < 1.29 is 23.8 Å². The zero-order valence-corrected chi connectivity index (χ0v) is 21.1. The highest BCUT2D eigenvalue weighted by Gasteiger charge is 2.27. The Morgan fingerprint density at radius 3 is 2.11 bits per heavy atom. The van der Waals surface area contributed by atoms with Gasteiger partial charge in [0.1, 0.15) is 28.3 Å². The first-order chi connectivity index (χ1) is 16.9. The van der Waals surface area contributed by atoms with Crippen LogP contribution in [-0.4, -0.2) is 49.5 Å². The van der Waals surface area contributed by atoms with E-state index in [0.29, 0.717) is 33.7 Å². The largest absolute Gasteiger partial charge is 0.497 e. The van der Waals surface area contributed by atoms with Gasteiger partial charge in [-0.1, -0.05) is 31.6 Å². The number of hydrogen-bond acceptors (Lipinski definition) is 8. The molecule has 11 heteroatoms. The minimum absolute atomic E-state index is 0.130. The van der Waals surface area contributed by atoms with Gasteiger partial charge in [-0.2, -0.15) is 0 Å². The lowest BCUT2D eigenvalue weighted by molar-refractivity contribution is -0.119. The molecule has 0 saturated carbocycles. The average molecular weight is 500 g/mol. The summed E-state index contributed by atoms with van der Waals surface area (Å²) in [4.78, 5) is 25.8. The van der Waals surface area contributed by atoms with E-state index in [1.54, 1.807) is 25.3 Å². The average Bonchev–Trinajstić information content (AvgIpc) is 3.34. The highest BCUT2D eigenvalue weighted by atomic mass is 32.1. The number of rotatable bonds is 10. The van der Waals surface area contributed by atoms with Crippen LogP contribution in [0.15, 0.2) is 42.5 Å². The van der Waals surface area contributed by atoms with E-state index in [1.807, 2.05) is 38.1 Å². The van der Waals surface area contributed by atoms with Crippen LogP contribution in [0.1, 0.15) is 20.3 Å². The van der Waals surface area contributed by atoms with Crippen molar-refractivity contribution >= 4 is 34.1 Å². The number of amides is 3. The highest BCUT2D eigenvalue weighted by Crippen LogP contribution is 2.28. The molecule has 0 bridgehead atoms. The molecule has 0 aliphatic rings. The number of benzene rings is 2. The van der Waals surface area contributed by atoms with Crippen LogP contribution in [0.2, 0.25) is 0 Å². The zero-order chi connectivity index (χ0) is 25.4. The maximum atomic E-state index is 13.1. The molecule has 2 atom stereocenters. The van der Waals surface area contributed by atoms with Gasteiger partial charge in [0, 0.05) is 29.4 Å². The van der Waals surface area contributed by atoms with Crippen molar-refractivity contribution in [3.8, 4) is 27.8 Å². The fraction of sp³-hybridized carbons (Fsp3) is 0.333. The summed E-state index contributed by atoms with van der Waals surface area (Å²) in [5, 5.41) is 17.5. The van der Waals surface area contributed by atoms with Gasteiger partial charge in [-0.3, -0.25) is 10.1 Å². The van der Waals surface area contributed by atoms with E-state index in [4.69, 9.17) is 14.2 Å². The number of carbonyl (C=O) groups excluding carboxylic acids is 2. The van der Waals surface area contributed by atoms with Crippen LogP contribution in [0.3, 0.4) is 0 Å². The Balaban J connectivity index is 1.68. The molecule has 0 fully saturated rings. The fourth-order valence-electron chi connectivity index (χ4n) is 3.20. The number of hydrogen-bond donors (Lipinski definition) is 3. The van der Waals surface area contributed by atoms with Crippen molar-refractivity contribution in [3.05, 3.63) is 42.5 Å². The van der Waals surface area contributed by atoms with Gasteiger partial charge in [0.25, 0.3) is 0 Å². The van der Waals surface area contributed by atoms with Gasteiger partial charge in [0.05, 0.1) is 21.3 Å². The minimum Gasteiger partial charge on any atom is -0.497 e. The molecule has 1 heterocycles. The van der Waals surface area contributed by atoms with Gasteiger partial charge in [-0.25, -0.2) is 4.79 Å². The number of urea groups is 1. The number of ether oxygens (including phenoxy) is 3. The number of carbonyl (C=O) groups is 2. The number of methoxy groups -OCH3 is 3. The summed E-state index contributed by atoms with van der Waals surface area (Å²) < 4.78 is 15.6. The van der Waals surface area contributed by atoms with E-state index in [0.717, 1.165) is 11.3 Å². The third-order valence-corrected chi connectivity index (χ3v) is 6.27. The van der Waals surface area contributed by atoms with E-state index < -0.39 is 12.1 Å². The van der Waals surface area contributed by atoms with Gasteiger partial charge in [0.15, 0.2) is 0 Å². The minimum atomic E-state index is -0.791. The first-order valence-electron chi connectivity index (χ1n) is 11.0. The van der Waals surface area contributed by atoms with Crippen molar-refractivity contribution in [1.82, 2.24) is 15.5 Å². The maximum Gasteiger partial charge on any atom is 0.319 e. The molecule has 0 unspecified atom stereocenters. The van der Waals surface area contributed by atoms with Gasteiger partial charge in [-0.05, 0) is 30.2 Å². The second-order valence-electron chi connectivity index (χ2n) is 7.69. The molecule has 0 aliphatic heterocycles. The van der Waals surface area contributed by atoms with Crippen molar-refractivity contribution in [2.45, 2.75) is 26.3 Å². The molecular formula is C24H29N5O5S. The molecule has 0 aliphatic carbocycles. The summed E-state index contributed by atoms with van der Waals surface area (Å²) in [6.07, 6.45) is 0.679. The molecule has 1 aromatic heterocycles. The van der Waals surface area contributed by atoms with Crippen LogP contribution in [0.4, 0.5) is 15.6 Å². The molecule has 0 saturated heterocycles. The molecule has 186 valence electrons. The summed E-state index contributed by atoms with van der Waals surface area (Å²) in [5.74, 6) is 1.28. The van der Waals surface area contributed by atoms with Crippen LogP contribution in [0, 0.1) is 5.92 Å². The van der Waals surface area contributed by atoms with Crippen LogP contribution in [-0.2, 0) is 4.79 Å². The van der Waals surface area contributed by atoms with E-state index >= 15 is 0 Å². The van der Waals surface area contributed by atoms with E-state index in [1.165, 1.54) is 25.6 Å². The highest BCUT2D eigenvalue weighted by molar-refractivity contribution is 7.18. The molecule has 0 spiro atoms. The van der Waals surface area contributed by atoms with Crippen LogP contribution >= 0.6 is 11.3 Å². The van der Waals surface area contributed by atoms with E-state index in [9.17, 15) is 9.59 Å². The number of nitrogens with one attached hydrogen (secondary N) is 3. The van der Waals surface area contributed by atoms with E-state index in [2.05, 4.69) is 26.1 Å². The lowest BCUT2D eigenvalue weighted by Crippen LogP contribution is -2.49. The molecule has 3 aromatic rings. The Kier molecular flexibility index (Phi) is 8.85. The lowest BCUT2D eigenvalue weighted by Gasteiger charge is -2.23. The first kappa shape index (κ1) is 25.8. The Bertz CT molecular complexity index is 1130. The number of anilines is 2. The molecule has 3 amide bonds. The second-order valence-corrected chi connectivity index (χ2v) is 8.67. The molecular weight excluding hydrogens is 470 g/mol. The standard InChI is InChI=1S/C24H29N5O5S/c1-6-14(2)20(26-23(31)25-16-11-18(33-4)13-19(12-16)34-5)21(30)27-24-29-28-22(35-24)15-7-9-17(32-3)10-8-15/h7-14,20H,6H2,1-5H3,(H2,25,26,31)(H,27,29,30)/t14-,20-/m1/s1. The summed E-state index contributed by atoms with van der Waals surface area (Å²) in [6.45, 7) is 3.84. The van der Waals surface area contributed by atoms with Crippen LogP contribution < -0.4 is 30.2 Å². The van der Waals surface area contributed by atoms with Crippen LogP contribution in [0.5, 0.6) is 17.2 Å². The summed E-state index contributed by atoms with van der Waals surface area (Å²) in [5.41, 5.74) is 1.32. The van der Waals surface area contributed by atoms with Gasteiger partial charge >= 0.3 is 6.03 Å². The smallest absolute Gasteiger partial charge is 0.319 e. The topological polar surface area (TPSA) is 124 Å². The van der Waals surface area contributed by atoms with Crippen molar-refractivity contribution in [3.63, 3.8) is 0 Å². The zero-order valence-electron chi connectivity index (χ0n) is 20.2. The number of aromatic nitrogens is 2. The van der Waals surface area contributed by atoms with Gasteiger partial charge < -0.3 is 24.8 Å². The maximum absolute atomic E-state index is 13.1. The lowest BCUT2D eigenvalue weighted by atomic mass is 9.98. The SMILES string of the molecule is CC[C@@H](C)[C@@H](NC(=O)Nc1cc(OC)cc(OC)c1)C(=O)Nc1nnc(-c2ccc(OC)cc2)s1. The van der Waals surface area contributed by atoms with Crippen molar-refractivity contribution in [2.24, 2.45) is 5.92 Å². The summed E-state index contributed by atoms with van der Waals surface area (Å²) in [6, 6.07) is 11.1. The molecule has 2 aromatic carbocycles. The monoisotopic (exact) mass is 499 g/mol. The third-order valence-electron chi connectivity index (χ3n) is 5.38. The molecule has 3 N–H and O–H groups in total. The summed E-state index contributed by atoms with van der Waals surface area (Å²) in [7, 11) is 4.65. The predicted octanol–water partition coefficient (Wildman–Crippen LogP) is 4.41. The Labute approximate surface area is 208 Å². The first-order valence-corrected chi connectivity index (χ1v) is 11.8. The van der Waals surface area contributed by atoms with Crippen LogP contribution in [0.25, 0.3) is 10.6 Å². The van der Waals surface area contributed by atoms with Crippen molar-refractivity contribution in [2.75, 3.05) is 32.0 Å². The molecule has 35 heavy (non-hydrogen) atoms.